The summed E-state index contributed by atoms with van der Waals surface area (Å²) in [6.45, 7) is 1.81. The lowest BCUT2D eigenvalue weighted by molar-refractivity contribution is 0.0316. The SMILES string of the molecule is COc1cc(COC2CCOC2)ccc1C(=O)O. The molecule has 1 atom stereocenters. The third kappa shape index (κ3) is 3.00. The van der Waals surface area contributed by atoms with Crippen molar-refractivity contribution in [2.75, 3.05) is 20.3 Å². The average molecular weight is 252 g/mol. The summed E-state index contributed by atoms with van der Waals surface area (Å²) in [6, 6.07) is 4.96. The van der Waals surface area contributed by atoms with Gasteiger partial charge in [-0.15, -0.1) is 0 Å². The summed E-state index contributed by atoms with van der Waals surface area (Å²) < 4.78 is 15.9. The average Bonchev–Trinajstić information content (AvgIpc) is 2.88. The number of benzene rings is 1. The van der Waals surface area contributed by atoms with Crippen molar-refractivity contribution in [3.8, 4) is 5.75 Å². The summed E-state index contributed by atoms with van der Waals surface area (Å²) in [5, 5.41) is 8.96. The Morgan fingerprint density at radius 1 is 1.56 bits per heavy atom. The van der Waals surface area contributed by atoms with Crippen molar-refractivity contribution in [1.82, 2.24) is 0 Å². The van der Waals surface area contributed by atoms with Crippen LogP contribution in [0.2, 0.25) is 0 Å². The third-order valence-electron chi connectivity index (χ3n) is 2.87. The summed E-state index contributed by atoms with van der Waals surface area (Å²) in [5.41, 5.74) is 1.05. The first-order valence-corrected chi connectivity index (χ1v) is 5.80. The molecule has 0 saturated carbocycles. The van der Waals surface area contributed by atoms with E-state index in [4.69, 9.17) is 19.3 Å². The van der Waals surface area contributed by atoms with E-state index in [1.807, 2.05) is 0 Å². The summed E-state index contributed by atoms with van der Waals surface area (Å²) >= 11 is 0. The number of ether oxygens (including phenoxy) is 3. The van der Waals surface area contributed by atoms with Gasteiger partial charge in [-0.25, -0.2) is 4.79 Å². The van der Waals surface area contributed by atoms with Crippen LogP contribution >= 0.6 is 0 Å². The molecule has 5 heteroatoms. The van der Waals surface area contributed by atoms with Gasteiger partial charge in [0.25, 0.3) is 0 Å². The van der Waals surface area contributed by atoms with Gasteiger partial charge in [-0.1, -0.05) is 6.07 Å². The zero-order valence-electron chi connectivity index (χ0n) is 10.2. The van der Waals surface area contributed by atoms with Crippen molar-refractivity contribution in [1.29, 1.82) is 0 Å². The van der Waals surface area contributed by atoms with Gasteiger partial charge in [0.15, 0.2) is 0 Å². The van der Waals surface area contributed by atoms with Gasteiger partial charge in [0.1, 0.15) is 11.3 Å². The number of carbonyl (C=O) groups is 1. The Bertz CT molecular complexity index is 423. The molecule has 1 saturated heterocycles. The smallest absolute Gasteiger partial charge is 0.339 e. The van der Waals surface area contributed by atoms with Crippen molar-refractivity contribution in [2.24, 2.45) is 0 Å². The molecular formula is C13H16O5. The molecule has 0 aliphatic carbocycles. The number of methoxy groups -OCH3 is 1. The molecule has 1 unspecified atom stereocenters. The van der Waals surface area contributed by atoms with Crippen LogP contribution in [-0.2, 0) is 16.1 Å². The van der Waals surface area contributed by atoms with Crippen LogP contribution in [0.4, 0.5) is 0 Å². The Hall–Kier alpha value is -1.59. The fraction of sp³-hybridized carbons (Fsp3) is 0.462. The maximum Gasteiger partial charge on any atom is 0.339 e. The zero-order valence-corrected chi connectivity index (χ0v) is 10.2. The molecule has 0 aromatic heterocycles. The van der Waals surface area contributed by atoms with Gasteiger partial charge in [-0.05, 0) is 24.1 Å². The predicted octanol–water partition coefficient (Wildman–Crippen LogP) is 1.70. The Morgan fingerprint density at radius 3 is 3.00 bits per heavy atom. The summed E-state index contributed by atoms with van der Waals surface area (Å²) in [6.07, 6.45) is 1.04. The molecule has 98 valence electrons. The predicted molar refractivity (Wildman–Crippen MR) is 64.0 cm³/mol. The Labute approximate surface area is 105 Å². The molecule has 0 bridgehead atoms. The minimum Gasteiger partial charge on any atom is -0.496 e. The highest BCUT2D eigenvalue weighted by Crippen LogP contribution is 2.21. The Kier molecular flexibility index (Phi) is 4.17. The van der Waals surface area contributed by atoms with E-state index in [0.29, 0.717) is 19.0 Å². The normalized spacial score (nSPS) is 18.8. The van der Waals surface area contributed by atoms with Gasteiger partial charge in [0, 0.05) is 6.61 Å². The maximum absolute atomic E-state index is 10.9. The minimum absolute atomic E-state index is 0.134. The molecule has 1 heterocycles. The number of carboxylic acids is 1. The Morgan fingerprint density at radius 2 is 2.39 bits per heavy atom. The molecule has 1 N–H and O–H groups in total. The monoisotopic (exact) mass is 252 g/mol. The van der Waals surface area contributed by atoms with Gasteiger partial charge < -0.3 is 19.3 Å². The zero-order chi connectivity index (χ0) is 13.0. The standard InChI is InChI=1S/C13H16O5/c1-16-12-6-9(2-3-11(12)13(14)15)7-18-10-4-5-17-8-10/h2-3,6,10H,4-5,7-8H2,1H3,(H,14,15). The van der Waals surface area contributed by atoms with E-state index in [1.54, 1.807) is 12.1 Å². The van der Waals surface area contributed by atoms with Crippen LogP contribution in [0.5, 0.6) is 5.75 Å². The van der Waals surface area contributed by atoms with E-state index in [0.717, 1.165) is 18.6 Å². The van der Waals surface area contributed by atoms with Crippen LogP contribution in [0.1, 0.15) is 22.3 Å². The molecular weight excluding hydrogens is 236 g/mol. The van der Waals surface area contributed by atoms with Gasteiger partial charge in [-0.2, -0.15) is 0 Å². The second-order valence-electron chi connectivity index (χ2n) is 4.14. The quantitative estimate of drug-likeness (QED) is 0.864. The molecule has 0 radical (unpaired) electrons. The molecule has 2 rings (SSSR count). The van der Waals surface area contributed by atoms with Crippen LogP contribution < -0.4 is 4.74 Å². The number of hydrogen-bond donors (Lipinski definition) is 1. The van der Waals surface area contributed by atoms with E-state index in [1.165, 1.54) is 13.2 Å². The van der Waals surface area contributed by atoms with E-state index < -0.39 is 5.97 Å². The third-order valence-corrected chi connectivity index (χ3v) is 2.87. The van der Waals surface area contributed by atoms with Crippen molar-refractivity contribution in [3.05, 3.63) is 29.3 Å². The first-order valence-electron chi connectivity index (χ1n) is 5.80. The molecule has 1 aromatic carbocycles. The maximum atomic E-state index is 10.9. The van der Waals surface area contributed by atoms with Gasteiger partial charge >= 0.3 is 5.97 Å². The summed E-state index contributed by atoms with van der Waals surface area (Å²) in [5.74, 6) is -0.644. The van der Waals surface area contributed by atoms with E-state index in [9.17, 15) is 4.79 Å². The highest BCUT2D eigenvalue weighted by atomic mass is 16.5. The van der Waals surface area contributed by atoms with Crippen LogP contribution in [0.3, 0.4) is 0 Å². The van der Waals surface area contributed by atoms with Crippen molar-refractivity contribution in [2.45, 2.75) is 19.1 Å². The van der Waals surface area contributed by atoms with Crippen molar-refractivity contribution < 1.29 is 24.1 Å². The van der Waals surface area contributed by atoms with Gasteiger partial charge in [0.2, 0.25) is 0 Å². The second-order valence-corrected chi connectivity index (χ2v) is 4.14. The molecule has 1 aliphatic rings. The lowest BCUT2D eigenvalue weighted by Gasteiger charge is -2.11. The fourth-order valence-electron chi connectivity index (χ4n) is 1.86. The Balaban J connectivity index is 2.02. The molecule has 0 spiro atoms. The molecule has 1 aliphatic heterocycles. The lowest BCUT2D eigenvalue weighted by Crippen LogP contribution is -2.12. The lowest BCUT2D eigenvalue weighted by atomic mass is 10.1. The first-order chi connectivity index (χ1) is 8.70. The molecule has 5 nitrogen and oxygen atoms in total. The molecule has 18 heavy (non-hydrogen) atoms. The van der Waals surface area contributed by atoms with Crippen LogP contribution in [-0.4, -0.2) is 37.5 Å². The number of hydrogen-bond acceptors (Lipinski definition) is 4. The van der Waals surface area contributed by atoms with E-state index in [2.05, 4.69) is 0 Å². The van der Waals surface area contributed by atoms with Gasteiger partial charge in [0.05, 0.1) is 26.4 Å². The van der Waals surface area contributed by atoms with E-state index >= 15 is 0 Å². The van der Waals surface area contributed by atoms with Crippen LogP contribution in [0.15, 0.2) is 18.2 Å². The highest BCUT2D eigenvalue weighted by molar-refractivity contribution is 5.90. The van der Waals surface area contributed by atoms with E-state index in [-0.39, 0.29) is 11.7 Å². The van der Waals surface area contributed by atoms with Gasteiger partial charge in [-0.3, -0.25) is 0 Å². The molecule has 0 amide bonds. The summed E-state index contributed by atoms with van der Waals surface area (Å²) in [7, 11) is 1.46. The van der Waals surface area contributed by atoms with Crippen molar-refractivity contribution >= 4 is 5.97 Å². The second kappa shape index (κ2) is 5.84. The fourth-order valence-corrected chi connectivity index (χ4v) is 1.86. The molecule has 1 aromatic rings. The number of rotatable bonds is 5. The van der Waals surface area contributed by atoms with Crippen LogP contribution in [0.25, 0.3) is 0 Å². The van der Waals surface area contributed by atoms with Crippen LogP contribution in [0, 0.1) is 0 Å². The molecule has 1 fully saturated rings. The summed E-state index contributed by atoms with van der Waals surface area (Å²) in [4.78, 5) is 10.9. The number of carboxylic acid groups (broad SMARTS) is 1. The van der Waals surface area contributed by atoms with Crippen molar-refractivity contribution in [3.63, 3.8) is 0 Å². The topological polar surface area (TPSA) is 65.0 Å². The minimum atomic E-state index is -0.997. The largest absolute Gasteiger partial charge is 0.496 e. The first kappa shape index (κ1) is 12.9. The highest BCUT2D eigenvalue weighted by Gasteiger charge is 2.16. The number of aromatic carboxylic acids is 1.